The van der Waals surface area contributed by atoms with Crippen molar-refractivity contribution in [2.24, 2.45) is 5.92 Å². The molecule has 1 saturated heterocycles. The van der Waals surface area contributed by atoms with Gasteiger partial charge in [0, 0.05) is 19.0 Å². The summed E-state index contributed by atoms with van der Waals surface area (Å²) in [7, 11) is -3.72. The van der Waals surface area contributed by atoms with E-state index in [0.717, 1.165) is 17.7 Å². The van der Waals surface area contributed by atoms with Crippen LogP contribution < -0.4 is 10.1 Å². The molecule has 0 radical (unpaired) electrons. The third kappa shape index (κ3) is 5.40. The molecule has 0 atom stereocenters. The molecule has 1 aliphatic rings. The lowest BCUT2D eigenvalue weighted by molar-refractivity contribution is -0.120. The van der Waals surface area contributed by atoms with Gasteiger partial charge < -0.3 is 10.1 Å². The molecule has 0 bridgehead atoms. The molecule has 1 N–H and O–H groups in total. The third-order valence-electron chi connectivity index (χ3n) is 5.67. The fourth-order valence-electron chi connectivity index (χ4n) is 3.74. The first kappa shape index (κ1) is 22.9. The standard InChI is InChI=1S/C25H25FN2O4S/c1-18-6-10-21(11-7-18)32-24-5-3-2-4-23(24)27-25(29)19-14-16-28(17-15-19)33(30,31)22-12-8-20(26)9-13-22/h2-13,19H,14-17H2,1H3,(H,27,29). The number of carbonyl (C=O) groups is 1. The Kier molecular flexibility index (Phi) is 6.76. The van der Waals surface area contributed by atoms with E-state index < -0.39 is 15.8 Å². The van der Waals surface area contributed by atoms with E-state index in [-0.39, 0.29) is 29.8 Å². The molecule has 0 aliphatic carbocycles. The zero-order valence-electron chi connectivity index (χ0n) is 18.2. The highest BCUT2D eigenvalue weighted by Crippen LogP contribution is 2.31. The summed E-state index contributed by atoms with van der Waals surface area (Å²) in [5.41, 5.74) is 1.68. The van der Waals surface area contributed by atoms with Crippen molar-refractivity contribution >= 4 is 21.6 Å². The number of rotatable bonds is 6. The number of para-hydroxylation sites is 2. The number of hydrogen-bond acceptors (Lipinski definition) is 4. The van der Waals surface area contributed by atoms with Gasteiger partial charge in [-0.1, -0.05) is 29.8 Å². The van der Waals surface area contributed by atoms with Crippen LogP contribution in [-0.4, -0.2) is 31.7 Å². The van der Waals surface area contributed by atoms with Gasteiger partial charge in [0.1, 0.15) is 11.6 Å². The molecular weight excluding hydrogens is 443 g/mol. The van der Waals surface area contributed by atoms with E-state index in [0.29, 0.717) is 30.0 Å². The van der Waals surface area contributed by atoms with Crippen molar-refractivity contribution in [3.8, 4) is 11.5 Å². The fourth-order valence-corrected chi connectivity index (χ4v) is 5.21. The second-order valence-electron chi connectivity index (χ2n) is 8.03. The molecular formula is C25H25FN2O4S. The summed E-state index contributed by atoms with van der Waals surface area (Å²) in [6, 6.07) is 19.6. The summed E-state index contributed by atoms with van der Waals surface area (Å²) in [5, 5.41) is 2.93. The predicted molar refractivity (Wildman–Crippen MR) is 124 cm³/mol. The first-order valence-electron chi connectivity index (χ1n) is 10.7. The number of piperidine rings is 1. The summed E-state index contributed by atoms with van der Waals surface area (Å²) in [5.74, 6) is 0.217. The molecule has 1 fully saturated rings. The van der Waals surface area contributed by atoms with Crippen molar-refractivity contribution in [1.29, 1.82) is 0 Å². The summed E-state index contributed by atoms with van der Waals surface area (Å²) in [6.45, 7) is 2.44. The monoisotopic (exact) mass is 468 g/mol. The van der Waals surface area contributed by atoms with E-state index in [1.165, 1.54) is 16.4 Å². The Balaban J connectivity index is 1.39. The normalized spacial score (nSPS) is 15.2. The number of aryl methyl sites for hydroxylation is 1. The number of anilines is 1. The first-order valence-corrected chi connectivity index (χ1v) is 12.2. The molecule has 0 saturated carbocycles. The van der Waals surface area contributed by atoms with E-state index in [4.69, 9.17) is 4.74 Å². The largest absolute Gasteiger partial charge is 0.455 e. The average Bonchev–Trinajstić information content (AvgIpc) is 2.82. The smallest absolute Gasteiger partial charge is 0.243 e. The number of benzene rings is 3. The van der Waals surface area contributed by atoms with Crippen molar-refractivity contribution in [2.45, 2.75) is 24.7 Å². The quantitative estimate of drug-likeness (QED) is 0.555. The maximum atomic E-state index is 13.1. The number of amides is 1. The highest BCUT2D eigenvalue weighted by Gasteiger charge is 2.32. The summed E-state index contributed by atoms with van der Waals surface area (Å²) in [4.78, 5) is 13.0. The van der Waals surface area contributed by atoms with Gasteiger partial charge in [-0.3, -0.25) is 4.79 Å². The first-order chi connectivity index (χ1) is 15.8. The van der Waals surface area contributed by atoms with Crippen molar-refractivity contribution in [2.75, 3.05) is 18.4 Å². The Labute approximate surface area is 193 Å². The van der Waals surface area contributed by atoms with Gasteiger partial charge in [0.25, 0.3) is 0 Å². The highest BCUT2D eigenvalue weighted by molar-refractivity contribution is 7.89. The van der Waals surface area contributed by atoms with Crippen molar-refractivity contribution < 1.29 is 22.3 Å². The molecule has 3 aromatic rings. The van der Waals surface area contributed by atoms with E-state index >= 15 is 0 Å². The van der Waals surface area contributed by atoms with Gasteiger partial charge in [-0.05, 0) is 68.3 Å². The summed E-state index contributed by atoms with van der Waals surface area (Å²) >= 11 is 0. The molecule has 0 spiro atoms. The van der Waals surface area contributed by atoms with Gasteiger partial charge in [0.2, 0.25) is 15.9 Å². The zero-order valence-corrected chi connectivity index (χ0v) is 19.0. The average molecular weight is 469 g/mol. The Morgan fingerprint density at radius 3 is 2.27 bits per heavy atom. The van der Waals surface area contributed by atoms with Crippen LogP contribution >= 0.6 is 0 Å². The SMILES string of the molecule is Cc1ccc(Oc2ccccc2NC(=O)C2CCN(S(=O)(=O)c3ccc(F)cc3)CC2)cc1. The molecule has 1 aliphatic heterocycles. The minimum atomic E-state index is -3.72. The molecule has 0 aromatic heterocycles. The van der Waals surface area contributed by atoms with Crippen molar-refractivity contribution in [3.63, 3.8) is 0 Å². The molecule has 6 nitrogen and oxygen atoms in total. The van der Waals surface area contributed by atoms with Gasteiger partial charge in [-0.15, -0.1) is 0 Å². The van der Waals surface area contributed by atoms with Gasteiger partial charge in [-0.2, -0.15) is 4.31 Å². The van der Waals surface area contributed by atoms with Crippen LogP contribution in [0.2, 0.25) is 0 Å². The van der Waals surface area contributed by atoms with Crippen LogP contribution in [0.3, 0.4) is 0 Å². The van der Waals surface area contributed by atoms with E-state index in [1.54, 1.807) is 12.1 Å². The third-order valence-corrected chi connectivity index (χ3v) is 7.58. The summed E-state index contributed by atoms with van der Waals surface area (Å²) in [6.07, 6.45) is 0.792. The Hall–Kier alpha value is -3.23. The Bertz CT molecular complexity index is 1220. The van der Waals surface area contributed by atoms with Gasteiger partial charge in [0.05, 0.1) is 10.6 Å². The van der Waals surface area contributed by atoms with Crippen LogP contribution in [-0.2, 0) is 14.8 Å². The minimum absolute atomic E-state index is 0.0500. The lowest BCUT2D eigenvalue weighted by Crippen LogP contribution is -2.41. The molecule has 33 heavy (non-hydrogen) atoms. The number of halogens is 1. The molecule has 4 rings (SSSR count). The molecule has 8 heteroatoms. The molecule has 1 heterocycles. The second-order valence-corrected chi connectivity index (χ2v) is 9.97. The lowest BCUT2D eigenvalue weighted by atomic mass is 9.97. The van der Waals surface area contributed by atoms with Crippen molar-refractivity contribution in [3.05, 3.63) is 84.2 Å². The maximum Gasteiger partial charge on any atom is 0.243 e. The zero-order chi connectivity index (χ0) is 23.4. The summed E-state index contributed by atoms with van der Waals surface area (Å²) < 4.78 is 46.0. The van der Waals surface area contributed by atoms with Crippen LogP contribution in [0, 0.1) is 18.7 Å². The van der Waals surface area contributed by atoms with Crippen molar-refractivity contribution in [1.82, 2.24) is 4.31 Å². The molecule has 1 amide bonds. The fraction of sp³-hybridized carbons (Fsp3) is 0.240. The lowest BCUT2D eigenvalue weighted by Gasteiger charge is -2.30. The minimum Gasteiger partial charge on any atom is -0.455 e. The molecule has 172 valence electrons. The highest BCUT2D eigenvalue weighted by atomic mass is 32.2. The predicted octanol–water partition coefficient (Wildman–Crippen LogP) is 4.97. The molecule has 0 unspecified atom stereocenters. The van der Waals surface area contributed by atoms with E-state index in [9.17, 15) is 17.6 Å². The number of carbonyl (C=O) groups excluding carboxylic acids is 1. The maximum absolute atomic E-state index is 13.1. The topological polar surface area (TPSA) is 75.7 Å². The van der Waals surface area contributed by atoms with Gasteiger partial charge >= 0.3 is 0 Å². The van der Waals surface area contributed by atoms with Crippen LogP contribution in [0.15, 0.2) is 77.7 Å². The van der Waals surface area contributed by atoms with Gasteiger partial charge in [0.15, 0.2) is 5.75 Å². The molecule has 3 aromatic carbocycles. The Morgan fingerprint density at radius 2 is 1.61 bits per heavy atom. The van der Waals surface area contributed by atoms with Gasteiger partial charge in [-0.25, -0.2) is 12.8 Å². The van der Waals surface area contributed by atoms with Crippen LogP contribution in [0.5, 0.6) is 11.5 Å². The second kappa shape index (κ2) is 9.72. The Morgan fingerprint density at radius 1 is 0.970 bits per heavy atom. The number of nitrogens with zero attached hydrogens (tertiary/aromatic N) is 1. The van der Waals surface area contributed by atoms with Crippen LogP contribution in [0.25, 0.3) is 0 Å². The number of hydrogen-bond donors (Lipinski definition) is 1. The number of nitrogens with one attached hydrogen (secondary N) is 1. The number of ether oxygens (including phenoxy) is 1. The van der Waals surface area contributed by atoms with Crippen LogP contribution in [0.1, 0.15) is 18.4 Å². The van der Waals surface area contributed by atoms with E-state index in [2.05, 4.69) is 5.32 Å². The van der Waals surface area contributed by atoms with E-state index in [1.807, 2.05) is 43.3 Å². The number of sulfonamides is 1. The van der Waals surface area contributed by atoms with Crippen LogP contribution in [0.4, 0.5) is 10.1 Å².